The van der Waals surface area contributed by atoms with Gasteiger partial charge in [0.2, 0.25) is 0 Å². The Morgan fingerprint density at radius 1 is 1.39 bits per heavy atom. The highest BCUT2D eigenvalue weighted by molar-refractivity contribution is 7.14. The molecule has 2 aromatic heterocycles. The normalized spacial score (nSPS) is 13.3. The summed E-state index contributed by atoms with van der Waals surface area (Å²) in [5.74, 6) is 0. The van der Waals surface area contributed by atoms with E-state index in [0.29, 0.717) is 23.7 Å². The summed E-state index contributed by atoms with van der Waals surface area (Å²) in [5.41, 5.74) is 2.56. The second kappa shape index (κ2) is 6.92. The Kier molecular flexibility index (Phi) is 5.36. The molecule has 0 aliphatic carbocycles. The number of halogens is 3. The highest BCUT2D eigenvalue weighted by atomic mass is 32.1. The van der Waals surface area contributed by atoms with E-state index < -0.39 is 12.7 Å². The number of methoxy groups -OCH3 is 1. The minimum Gasteiger partial charge on any atom is -0.383 e. The van der Waals surface area contributed by atoms with Gasteiger partial charge < -0.3 is 14.6 Å². The molecule has 0 amide bonds. The van der Waals surface area contributed by atoms with Gasteiger partial charge in [-0.1, -0.05) is 0 Å². The molecule has 0 aromatic carbocycles. The number of hydrogen-bond donors (Lipinski definition) is 1. The summed E-state index contributed by atoms with van der Waals surface area (Å²) in [4.78, 5) is 4.47. The van der Waals surface area contributed by atoms with Crippen LogP contribution in [0, 0.1) is 13.8 Å². The van der Waals surface area contributed by atoms with Crippen molar-refractivity contribution < 1.29 is 17.9 Å². The summed E-state index contributed by atoms with van der Waals surface area (Å²) in [6.45, 7) is 4.90. The minimum atomic E-state index is -4.24. The Labute approximate surface area is 137 Å². The van der Waals surface area contributed by atoms with Gasteiger partial charge in [0.05, 0.1) is 12.3 Å². The van der Waals surface area contributed by atoms with Gasteiger partial charge in [0, 0.05) is 35.5 Å². The minimum absolute atomic E-state index is 0.108. The number of anilines is 1. The van der Waals surface area contributed by atoms with E-state index in [1.165, 1.54) is 15.9 Å². The maximum absolute atomic E-state index is 12.7. The third-order valence-corrected chi connectivity index (χ3v) is 4.25. The Bertz CT molecular complexity index is 663. The number of rotatable bonds is 6. The second-order valence-electron chi connectivity index (χ2n) is 5.52. The van der Waals surface area contributed by atoms with E-state index in [2.05, 4.69) is 10.3 Å². The van der Waals surface area contributed by atoms with E-state index in [-0.39, 0.29) is 6.04 Å². The zero-order valence-corrected chi connectivity index (χ0v) is 14.3. The standard InChI is InChI=1S/C15H20F3N3OS/c1-9(6-22-4)19-14-20-13(7-23-14)12-5-10(2)21(11(12)3)8-15(16,17)18/h5,7,9H,6,8H2,1-4H3,(H,19,20)/t9-/m0/s1. The summed E-state index contributed by atoms with van der Waals surface area (Å²) in [6, 6.07) is 1.86. The highest BCUT2D eigenvalue weighted by Crippen LogP contribution is 2.31. The number of nitrogens with zero attached hydrogens (tertiary/aromatic N) is 2. The number of thiazole rings is 1. The number of nitrogens with one attached hydrogen (secondary N) is 1. The molecule has 2 heterocycles. The Morgan fingerprint density at radius 2 is 2.09 bits per heavy atom. The van der Waals surface area contributed by atoms with E-state index in [1.807, 2.05) is 12.3 Å². The number of aryl methyl sites for hydroxylation is 1. The summed E-state index contributed by atoms with van der Waals surface area (Å²) >= 11 is 1.43. The van der Waals surface area contributed by atoms with E-state index >= 15 is 0 Å². The van der Waals surface area contributed by atoms with Crippen LogP contribution in [0.25, 0.3) is 11.3 Å². The molecular formula is C15H20F3N3OS. The predicted molar refractivity (Wildman–Crippen MR) is 86.0 cm³/mol. The highest BCUT2D eigenvalue weighted by Gasteiger charge is 2.30. The van der Waals surface area contributed by atoms with E-state index in [0.717, 1.165) is 10.7 Å². The SMILES string of the molecule is COC[C@H](C)Nc1nc(-c2cc(C)n(CC(F)(F)F)c2C)cs1. The zero-order valence-electron chi connectivity index (χ0n) is 13.5. The van der Waals surface area contributed by atoms with Crippen molar-refractivity contribution >= 4 is 16.5 Å². The van der Waals surface area contributed by atoms with Crippen molar-refractivity contribution in [3.63, 3.8) is 0 Å². The topological polar surface area (TPSA) is 39.1 Å². The van der Waals surface area contributed by atoms with Gasteiger partial charge >= 0.3 is 6.18 Å². The van der Waals surface area contributed by atoms with Crippen LogP contribution in [0.3, 0.4) is 0 Å². The third kappa shape index (κ3) is 4.48. The van der Waals surface area contributed by atoms with Gasteiger partial charge in [-0.3, -0.25) is 0 Å². The average Bonchev–Trinajstić information content (AvgIpc) is 2.97. The lowest BCUT2D eigenvalue weighted by Gasteiger charge is -2.12. The van der Waals surface area contributed by atoms with E-state index in [9.17, 15) is 13.2 Å². The molecule has 4 nitrogen and oxygen atoms in total. The van der Waals surface area contributed by atoms with Crippen molar-refractivity contribution in [1.29, 1.82) is 0 Å². The van der Waals surface area contributed by atoms with Gasteiger partial charge in [-0.05, 0) is 26.8 Å². The van der Waals surface area contributed by atoms with Gasteiger partial charge in [0.1, 0.15) is 6.54 Å². The third-order valence-electron chi connectivity index (χ3n) is 3.48. The molecular weight excluding hydrogens is 327 g/mol. The van der Waals surface area contributed by atoms with Crippen LogP contribution in [0.2, 0.25) is 0 Å². The molecule has 0 saturated heterocycles. The first-order chi connectivity index (χ1) is 10.7. The molecule has 8 heteroatoms. The van der Waals surface area contributed by atoms with Crippen molar-refractivity contribution in [2.45, 2.75) is 39.5 Å². The zero-order chi connectivity index (χ0) is 17.2. The molecule has 2 aromatic rings. The average molecular weight is 347 g/mol. The smallest absolute Gasteiger partial charge is 0.383 e. The molecule has 0 fully saturated rings. The lowest BCUT2D eigenvalue weighted by atomic mass is 10.2. The van der Waals surface area contributed by atoms with Gasteiger partial charge in [0.15, 0.2) is 5.13 Å². The van der Waals surface area contributed by atoms with Crippen molar-refractivity contribution in [2.75, 3.05) is 19.0 Å². The van der Waals surface area contributed by atoms with E-state index in [1.54, 1.807) is 27.0 Å². The van der Waals surface area contributed by atoms with E-state index in [4.69, 9.17) is 4.74 Å². The molecule has 1 atom stereocenters. The van der Waals surface area contributed by atoms with Crippen molar-refractivity contribution in [1.82, 2.24) is 9.55 Å². The van der Waals surface area contributed by atoms with Gasteiger partial charge in [0.25, 0.3) is 0 Å². The maximum atomic E-state index is 12.7. The Morgan fingerprint density at radius 3 is 2.70 bits per heavy atom. The molecule has 0 bridgehead atoms. The van der Waals surface area contributed by atoms with Crippen molar-refractivity contribution in [3.8, 4) is 11.3 Å². The second-order valence-corrected chi connectivity index (χ2v) is 6.38. The Hall–Kier alpha value is -1.54. The summed E-state index contributed by atoms with van der Waals surface area (Å²) in [6.07, 6.45) is -4.24. The molecule has 2 rings (SSSR count). The quantitative estimate of drug-likeness (QED) is 0.850. The molecule has 0 spiro atoms. The molecule has 128 valence electrons. The van der Waals surface area contributed by atoms with Gasteiger partial charge in [-0.15, -0.1) is 11.3 Å². The number of hydrogen-bond acceptors (Lipinski definition) is 4. The first-order valence-corrected chi connectivity index (χ1v) is 8.04. The predicted octanol–water partition coefficient (Wildman–Crippen LogP) is 4.24. The monoisotopic (exact) mass is 347 g/mol. The van der Waals surface area contributed by atoms with Crippen LogP contribution in [-0.2, 0) is 11.3 Å². The first-order valence-electron chi connectivity index (χ1n) is 7.16. The van der Waals surface area contributed by atoms with Crippen LogP contribution in [0.4, 0.5) is 18.3 Å². The summed E-state index contributed by atoms with van der Waals surface area (Å²) in [7, 11) is 1.63. The number of ether oxygens (including phenoxy) is 1. The molecule has 0 unspecified atom stereocenters. The number of alkyl halides is 3. The molecule has 0 radical (unpaired) electrons. The maximum Gasteiger partial charge on any atom is 0.406 e. The number of aromatic nitrogens is 2. The van der Waals surface area contributed by atoms with Crippen LogP contribution in [0.5, 0.6) is 0 Å². The lowest BCUT2D eigenvalue weighted by Crippen LogP contribution is -2.20. The van der Waals surface area contributed by atoms with Crippen molar-refractivity contribution in [3.05, 3.63) is 22.8 Å². The van der Waals surface area contributed by atoms with Gasteiger partial charge in [-0.25, -0.2) is 4.98 Å². The first kappa shape index (κ1) is 17.8. The molecule has 23 heavy (non-hydrogen) atoms. The fraction of sp³-hybridized carbons (Fsp3) is 0.533. The van der Waals surface area contributed by atoms with Crippen LogP contribution >= 0.6 is 11.3 Å². The largest absolute Gasteiger partial charge is 0.406 e. The molecule has 1 N–H and O–H groups in total. The van der Waals surface area contributed by atoms with Crippen LogP contribution in [0.15, 0.2) is 11.4 Å². The van der Waals surface area contributed by atoms with Crippen LogP contribution in [-0.4, -0.2) is 35.5 Å². The fourth-order valence-corrected chi connectivity index (χ4v) is 3.27. The van der Waals surface area contributed by atoms with Crippen LogP contribution in [0.1, 0.15) is 18.3 Å². The van der Waals surface area contributed by atoms with Gasteiger partial charge in [-0.2, -0.15) is 13.2 Å². The lowest BCUT2D eigenvalue weighted by molar-refractivity contribution is -0.141. The molecule has 0 saturated carbocycles. The van der Waals surface area contributed by atoms with Crippen molar-refractivity contribution in [2.24, 2.45) is 0 Å². The molecule has 0 aliphatic rings. The summed E-state index contributed by atoms with van der Waals surface area (Å²) in [5, 5.41) is 5.78. The Balaban J connectivity index is 2.23. The fourth-order valence-electron chi connectivity index (χ4n) is 2.45. The summed E-state index contributed by atoms with van der Waals surface area (Å²) < 4.78 is 44.4. The van der Waals surface area contributed by atoms with Crippen LogP contribution < -0.4 is 5.32 Å². The molecule has 0 aliphatic heterocycles.